The number of hydrogen-bond acceptors (Lipinski definition) is 6. The molecule has 0 unspecified atom stereocenters. The molecule has 1 amide bonds. The van der Waals surface area contributed by atoms with E-state index in [4.69, 9.17) is 5.73 Å². The number of nitrogens with zero attached hydrogens (tertiary/aromatic N) is 3. The molecule has 1 saturated carbocycles. The van der Waals surface area contributed by atoms with Crippen LogP contribution in [0.15, 0.2) is 40.9 Å². The standard InChI is InChI=1S/C30H29BrF3N5OS/c31-19-15-21(38-11-7-29(5-6-29)8-12-38)23(18-4-2-1-3-17(18)19)27(40)36-20-16-22-25(37-28(35)41-22)26(24(20)32)39-13-9-30(33,34)10-14-39/h1-4,15-16H,5-14H2,(H2,35,37)(H,36,40). The highest BCUT2D eigenvalue weighted by molar-refractivity contribution is 9.10. The van der Waals surface area contributed by atoms with Crippen LogP contribution >= 0.6 is 27.3 Å². The fourth-order valence-corrected chi connectivity index (χ4v) is 7.71. The highest BCUT2D eigenvalue weighted by Gasteiger charge is 2.45. The highest BCUT2D eigenvalue weighted by atomic mass is 79.9. The highest BCUT2D eigenvalue weighted by Crippen LogP contribution is 2.54. The Hall–Kier alpha value is -3.05. The van der Waals surface area contributed by atoms with Gasteiger partial charge in [0, 0.05) is 43.5 Å². The van der Waals surface area contributed by atoms with E-state index in [2.05, 4.69) is 31.1 Å². The zero-order valence-electron chi connectivity index (χ0n) is 22.3. The fraction of sp³-hybridized carbons (Fsp3) is 0.400. The van der Waals surface area contributed by atoms with E-state index < -0.39 is 17.6 Å². The summed E-state index contributed by atoms with van der Waals surface area (Å²) in [5.74, 6) is -3.91. The third-order valence-corrected chi connectivity index (χ3v) is 10.5. The largest absolute Gasteiger partial charge is 0.375 e. The Balaban J connectivity index is 1.30. The average molecular weight is 645 g/mol. The molecule has 11 heteroatoms. The molecule has 2 aliphatic heterocycles. The van der Waals surface area contributed by atoms with Crippen LogP contribution in [0.2, 0.25) is 0 Å². The molecule has 0 atom stereocenters. The van der Waals surface area contributed by atoms with Gasteiger partial charge in [-0.05, 0) is 54.0 Å². The second-order valence-electron chi connectivity index (χ2n) is 11.6. The molecule has 3 aromatic carbocycles. The van der Waals surface area contributed by atoms with Crippen LogP contribution in [0.5, 0.6) is 0 Å². The Labute approximate surface area is 247 Å². The number of aromatic nitrogens is 1. The van der Waals surface area contributed by atoms with Crippen molar-refractivity contribution in [2.45, 2.75) is 44.4 Å². The van der Waals surface area contributed by atoms with Gasteiger partial charge in [0.25, 0.3) is 11.8 Å². The minimum atomic E-state index is -2.79. The van der Waals surface area contributed by atoms with Gasteiger partial charge in [-0.3, -0.25) is 4.79 Å². The van der Waals surface area contributed by atoms with Crippen molar-refractivity contribution in [1.82, 2.24) is 4.98 Å². The fourth-order valence-electron chi connectivity index (χ4n) is 6.37. The lowest BCUT2D eigenvalue weighted by Crippen LogP contribution is -2.40. The van der Waals surface area contributed by atoms with Crippen LogP contribution in [-0.2, 0) is 0 Å². The maximum absolute atomic E-state index is 16.3. The second kappa shape index (κ2) is 9.76. The molecule has 1 spiro atoms. The SMILES string of the molecule is Nc1nc2c(N3CCC(F)(F)CC3)c(F)c(NC(=O)c3c(N4CCC5(CC4)CC5)cc(Br)c4ccccc34)cc2s1. The first-order valence-corrected chi connectivity index (χ1v) is 15.5. The number of nitrogen functional groups attached to an aromatic ring is 1. The smallest absolute Gasteiger partial charge is 0.258 e. The number of thiazole rings is 1. The molecule has 1 aromatic heterocycles. The number of alkyl halides is 2. The van der Waals surface area contributed by atoms with Crippen LogP contribution < -0.4 is 20.9 Å². The van der Waals surface area contributed by atoms with Crippen LogP contribution in [0, 0.1) is 11.2 Å². The summed E-state index contributed by atoms with van der Waals surface area (Å²) in [5, 5.41) is 4.75. The predicted octanol–water partition coefficient (Wildman–Crippen LogP) is 7.80. The summed E-state index contributed by atoms with van der Waals surface area (Å²) < 4.78 is 45.6. The van der Waals surface area contributed by atoms with Gasteiger partial charge in [0.1, 0.15) is 11.2 Å². The first kappa shape index (κ1) is 26.8. The van der Waals surface area contributed by atoms with E-state index >= 15 is 4.39 Å². The van der Waals surface area contributed by atoms with E-state index in [-0.39, 0.29) is 42.4 Å². The maximum atomic E-state index is 16.3. The van der Waals surface area contributed by atoms with E-state index in [1.807, 2.05) is 30.3 Å². The molecule has 7 rings (SSSR count). The number of rotatable bonds is 4. The van der Waals surface area contributed by atoms with Crippen LogP contribution in [0.1, 0.15) is 48.9 Å². The molecule has 41 heavy (non-hydrogen) atoms. The van der Waals surface area contributed by atoms with Crippen molar-refractivity contribution in [3.05, 3.63) is 52.3 Å². The number of piperidine rings is 2. The van der Waals surface area contributed by atoms with Gasteiger partial charge in [-0.1, -0.05) is 51.5 Å². The maximum Gasteiger partial charge on any atom is 0.258 e. The van der Waals surface area contributed by atoms with Gasteiger partial charge < -0.3 is 20.9 Å². The van der Waals surface area contributed by atoms with Gasteiger partial charge in [0.15, 0.2) is 10.9 Å². The lowest BCUT2D eigenvalue weighted by atomic mass is 9.92. The molecule has 214 valence electrons. The molecule has 3 heterocycles. The second-order valence-corrected chi connectivity index (χ2v) is 13.5. The van der Waals surface area contributed by atoms with Gasteiger partial charge >= 0.3 is 0 Å². The third-order valence-electron chi connectivity index (χ3n) is 9.00. The van der Waals surface area contributed by atoms with Gasteiger partial charge in [-0.15, -0.1) is 0 Å². The van der Waals surface area contributed by atoms with Crippen molar-refractivity contribution in [3.8, 4) is 0 Å². The zero-order valence-corrected chi connectivity index (χ0v) is 24.7. The molecule has 6 nitrogen and oxygen atoms in total. The Kier molecular flexibility index (Phi) is 6.39. The first-order valence-electron chi connectivity index (χ1n) is 13.9. The normalized spacial score (nSPS) is 19.7. The summed E-state index contributed by atoms with van der Waals surface area (Å²) in [6.45, 7) is 1.67. The van der Waals surface area contributed by atoms with Gasteiger partial charge in [0.2, 0.25) is 0 Å². The number of anilines is 4. The number of halogens is 4. The first-order chi connectivity index (χ1) is 19.6. The van der Waals surface area contributed by atoms with Crippen LogP contribution in [-0.4, -0.2) is 43.0 Å². The lowest BCUT2D eigenvalue weighted by molar-refractivity contribution is -0.0221. The molecule has 3 aliphatic rings. The summed E-state index contributed by atoms with van der Waals surface area (Å²) in [4.78, 5) is 22.3. The number of carbonyl (C=O) groups excluding carboxylic acids is 1. The molecule has 3 N–H and O–H groups in total. The monoisotopic (exact) mass is 643 g/mol. The number of hydrogen-bond donors (Lipinski definition) is 2. The van der Waals surface area contributed by atoms with Crippen molar-refractivity contribution >= 4 is 76.4 Å². The molecule has 0 radical (unpaired) electrons. The van der Waals surface area contributed by atoms with E-state index in [1.165, 1.54) is 30.2 Å². The summed E-state index contributed by atoms with van der Waals surface area (Å²) >= 11 is 4.88. The Bertz CT molecular complexity index is 1690. The molecule has 3 fully saturated rings. The Morgan fingerprint density at radius 2 is 1.63 bits per heavy atom. The van der Waals surface area contributed by atoms with Gasteiger partial charge in [-0.2, -0.15) is 0 Å². The number of fused-ring (bicyclic) bond motifs is 2. The molecule has 2 saturated heterocycles. The molecule has 1 aliphatic carbocycles. The summed E-state index contributed by atoms with van der Waals surface area (Å²) in [6, 6.07) is 11.2. The van der Waals surface area contributed by atoms with Crippen molar-refractivity contribution in [2.75, 3.05) is 47.0 Å². The van der Waals surface area contributed by atoms with Crippen LogP contribution in [0.3, 0.4) is 0 Å². The molecule has 4 aromatic rings. The zero-order chi connectivity index (χ0) is 28.5. The van der Waals surface area contributed by atoms with Crippen LogP contribution in [0.25, 0.3) is 21.0 Å². The number of carbonyl (C=O) groups is 1. The average Bonchev–Trinajstić information content (AvgIpc) is 3.59. The van der Waals surface area contributed by atoms with Crippen molar-refractivity contribution in [1.29, 1.82) is 0 Å². The van der Waals surface area contributed by atoms with E-state index in [0.29, 0.717) is 21.2 Å². The molecule has 0 bridgehead atoms. The van der Waals surface area contributed by atoms with E-state index in [9.17, 15) is 13.6 Å². The summed E-state index contributed by atoms with van der Waals surface area (Å²) in [7, 11) is 0. The van der Waals surface area contributed by atoms with E-state index in [1.54, 1.807) is 4.90 Å². The van der Waals surface area contributed by atoms with Gasteiger partial charge in [0.05, 0.1) is 21.6 Å². The molecular weight excluding hydrogens is 615 g/mol. The predicted molar refractivity (Wildman–Crippen MR) is 163 cm³/mol. The minimum Gasteiger partial charge on any atom is -0.375 e. The minimum absolute atomic E-state index is 0.0213. The molecular formula is C30H29BrF3N5OS. The summed E-state index contributed by atoms with van der Waals surface area (Å²) in [5.41, 5.74) is 8.15. The lowest BCUT2D eigenvalue weighted by Gasteiger charge is -2.35. The number of nitrogens with one attached hydrogen (secondary N) is 1. The Morgan fingerprint density at radius 1 is 0.976 bits per heavy atom. The van der Waals surface area contributed by atoms with Crippen molar-refractivity contribution in [3.63, 3.8) is 0 Å². The third kappa shape index (κ3) is 4.80. The quantitative estimate of drug-likeness (QED) is 0.237. The van der Waals surface area contributed by atoms with E-state index in [0.717, 1.165) is 46.9 Å². The van der Waals surface area contributed by atoms with Crippen molar-refractivity contribution < 1.29 is 18.0 Å². The van der Waals surface area contributed by atoms with Gasteiger partial charge in [-0.25, -0.2) is 18.2 Å². The van der Waals surface area contributed by atoms with Crippen LogP contribution in [0.4, 0.5) is 35.4 Å². The van der Waals surface area contributed by atoms with Crippen molar-refractivity contribution in [2.24, 2.45) is 5.41 Å². The number of amides is 1. The summed E-state index contributed by atoms with van der Waals surface area (Å²) in [6.07, 6.45) is 3.97. The Morgan fingerprint density at radius 3 is 2.32 bits per heavy atom. The number of nitrogens with two attached hydrogens (primary N) is 1. The topological polar surface area (TPSA) is 74.5 Å². The number of benzene rings is 3.